The largest absolute Gasteiger partial charge is 0.348 e. The fourth-order valence-corrected chi connectivity index (χ4v) is 3.23. The molecule has 0 fully saturated rings. The van der Waals surface area contributed by atoms with E-state index < -0.39 is 0 Å². The van der Waals surface area contributed by atoms with Gasteiger partial charge in [0.05, 0.1) is 30.2 Å². The van der Waals surface area contributed by atoms with E-state index in [0.717, 1.165) is 29.8 Å². The fourth-order valence-electron chi connectivity index (χ4n) is 3.23. The zero-order valence-corrected chi connectivity index (χ0v) is 13.3. The molecule has 1 aromatic heterocycles. The Hall–Kier alpha value is -2.21. The van der Waals surface area contributed by atoms with Gasteiger partial charge in [-0.15, -0.1) is 0 Å². The highest BCUT2D eigenvalue weighted by Crippen LogP contribution is 2.41. The van der Waals surface area contributed by atoms with Crippen molar-refractivity contribution in [3.8, 4) is 5.69 Å². The van der Waals surface area contributed by atoms with E-state index in [1.165, 1.54) is 12.1 Å². The van der Waals surface area contributed by atoms with Crippen LogP contribution in [0, 0.1) is 11.2 Å². The molecule has 122 valence electrons. The van der Waals surface area contributed by atoms with Crippen LogP contribution in [-0.2, 0) is 11.2 Å². The van der Waals surface area contributed by atoms with Gasteiger partial charge < -0.3 is 11.1 Å². The Morgan fingerprint density at radius 3 is 2.78 bits per heavy atom. The number of halogens is 1. The van der Waals surface area contributed by atoms with Gasteiger partial charge in [0.25, 0.3) is 0 Å². The van der Waals surface area contributed by atoms with Crippen molar-refractivity contribution in [2.45, 2.75) is 32.7 Å². The van der Waals surface area contributed by atoms with Crippen molar-refractivity contribution in [3.05, 3.63) is 47.5 Å². The normalized spacial score (nSPS) is 19.2. The molecule has 3 rings (SSSR count). The molecule has 1 heterocycles. The van der Waals surface area contributed by atoms with Crippen molar-refractivity contribution in [2.24, 2.45) is 11.1 Å². The van der Waals surface area contributed by atoms with Crippen LogP contribution in [-0.4, -0.2) is 22.2 Å². The van der Waals surface area contributed by atoms with Gasteiger partial charge in [-0.3, -0.25) is 4.79 Å². The first-order chi connectivity index (χ1) is 10.9. The van der Waals surface area contributed by atoms with Gasteiger partial charge in [-0.25, -0.2) is 9.07 Å². The number of rotatable bonds is 3. The lowest BCUT2D eigenvalue weighted by Crippen LogP contribution is -2.39. The molecule has 23 heavy (non-hydrogen) atoms. The van der Waals surface area contributed by atoms with E-state index in [1.807, 2.05) is 4.68 Å². The van der Waals surface area contributed by atoms with Crippen molar-refractivity contribution < 1.29 is 9.18 Å². The van der Waals surface area contributed by atoms with Crippen molar-refractivity contribution in [2.75, 3.05) is 6.54 Å². The number of benzene rings is 1. The number of fused-ring (bicyclic) bond motifs is 1. The van der Waals surface area contributed by atoms with E-state index in [2.05, 4.69) is 24.3 Å². The number of carbonyl (C=O) groups excluding carboxylic acids is 1. The SMILES string of the molecule is CC1(C)Cc2c(cnn2-c2ccc(F)cc2)[C@H](NC(=O)CN)C1. The summed E-state index contributed by atoms with van der Waals surface area (Å²) < 4.78 is 15.0. The number of hydrogen-bond donors (Lipinski definition) is 2. The third-order valence-corrected chi connectivity index (χ3v) is 4.27. The van der Waals surface area contributed by atoms with Crippen LogP contribution in [0.2, 0.25) is 0 Å². The second-order valence-corrected chi connectivity index (χ2v) is 6.80. The van der Waals surface area contributed by atoms with Gasteiger partial charge in [-0.2, -0.15) is 5.10 Å². The van der Waals surface area contributed by atoms with Crippen LogP contribution < -0.4 is 11.1 Å². The second-order valence-electron chi connectivity index (χ2n) is 6.80. The molecule has 0 aliphatic heterocycles. The Morgan fingerprint density at radius 2 is 2.13 bits per heavy atom. The number of nitrogens with two attached hydrogens (primary N) is 1. The molecule has 0 radical (unpaired) electrons. The molecule has 0 spiro atoms. The van der Waals surface area contributed by atoms with Crippen molar-refractivity contribution >= 4 is 5.91 Å². The molecule has 0 saturated carbocycles. The monoisotopic (exact) mass is 316 g/mol. The summed E-state index contributed by atoms with van der Waals surface area (Å²) in [5.74, 6) is -0.448. The Kier molecular flexibility index (Phi) is 3.93. The summed E-state index contributed by atoms with van der Waals surface area (Å²) in [6, 6.07) is 6.16. The lowest BCUT2D eigenvalue weighted by Gasteiger charge is -2.35. The second kappa shape index (κ2) is 5.77. The molecular formula is C17H21FN4O. The smallest absolute Gasteiger partial charge is 0.234 e. The summed E-state index contributed by atoms with van der Waals surface area (Å²) in [6.45, 7) is 4.30. The minimum atomic E-state index is -0.275. The van der Waals surface area contributed by atoms with E-state index in [0.29, 0.717) is 0 Å². The van der Waals surface area contributed by atoms with Gasteiger partial charge in [0.2, 0.25) is 5.91 Å². The molecule has 0 saturated heterocycles. The summed E-state index contributed by atoms with van der Waals surface area (Å²) in [4.78, 5) is 11.7. The van der Waals surface area contributed by atoms with Crippen LogP contribution >= 0.6 is 0 Å². The van der Waals surface area contributed by atoms with Gasteiger partial charge in [0.15, 0.2) is 0 Å². The van der Waals surface area contributed by atoms with Crippen LogP contribution in [0.15, 0.2) is 30.5 Å². The lowest BCUT2D eigenvalue weighted by molar-refractivity contribution is -0.120. The topological polar surface area (TPSA) is 72.9 Å². The predicted molar refractivity (Wildman–Crippen MR) is 85.6 cm³/mol. The van der Waals surface area contributed by atoms with Crippen LogP contribution in [0.3, 0.4) is 0 Å². The summed E-state index contributed by atoms with van der Waals surface area (Å²) in [5, 5.41) is 7.44. The standard InChI is InChI=1S/C17H21FN4O/c1-17(2)7-14(21-16(23)9-19)13-10-20-22(15(13)8-17)12-5-3-11(18)4-6-12/h3-6,10,14H,7-9,19H2,1-2H3,(H,21,23)/t14-/m1/s1. The highest BCUT2D eigenvalue weighted by molar-refractivity contribution is 5.78. The Morgan fingerprint density at radius 1 is 1.43 bits per heavy atom. The van der Waals surface area contributed by atoms with Gasteiger partial charge in [0, 0.05) is 5.56 Å². The molecule has 1 amide bonds. The fraction of sp³-hybridized carbons (Fsp3) is 0.412. The predicted octanol–water partition coefficient (Wildman–Crippen LogP) is 2.10. The first-order valence-electron chi connectivity index (χ1n) is 7.72. The Labute approximate surface area is 134 Å². The van der Waals surface area contributed by atoms with E-state index in [4.69, 9.17) is 5.73 Å². The maximum atomic E-state index is 13.1. The average molecular weight is 316 g/mol. The van der Waals surface area contributed by atoms with Crippen LogP contribution in [0.25, 0.3) is 5.69 Å². The molecule has 1 aliphatic carbocycles. The first-order valence-corrected chi connectivity index (χ1v) is 7.72. The number of nitrogens with zero attached hydrogens (tertiary/aromatic N) is 2. The Bertz CT molecular complexity index is 721. The van der Waals surface area contributed by atoms with Crippen molar-refractivity contribution in [1.29, 1.82) is 0 Å². The summed E-state index contributed by atoms with van der Waals surface area (Å²) in [6.07, 6.45) is 3.46. The van der Waals surface area contributed by atoms with E-state index in [-0.39, 0.29) is 29.7 Å². The first kappa shape index (κ1) is 15.7. The third-order valence-electron chi connectivity index (χ3n) is 4.27. The molecule has 5 nitrogen and oxygen atoms in total. The molecule has 1 atom stereocenters. The quantitative estimate of drug-likeness (QED) is 0.911. The van der Waals surface area contributed by atoms with Crippen molar-refractivity contribution in [1.82, 2.24) is 15.1 Å². The molecule has 3 N–H and O–H groups in total. The molecule has 2 aromatic rings. The molecule has 6 heteroatoms. The maximum Gasteiger partial charge on any atom is 0.234 e. The lowest BCUT2D eigenvalue weighted by atomic mass is 9.74. The molecular weight excluding hydrogens is 295 g/mol. The number of nitrogens with one attached hydrogen (secondary N) is 1. The zero-order valence-electron chi connectivity index (χ0n) is 13.3. The average Bonchev–Trinajstić information content (AvgIpc) is 2.90. The molecule has 1 aliphatic rings. The van der Waals surface area contributed by atoms with E-state index >= 15 is 0 Å². The van der Waals surface area contributed by atoms with Gasteiger partial charge in [-0.1, -0.05) is 13.8 Å². The maximum absolute atomic E-state index is 13.1. The molecule has 0 bridgehead atoms. The minimum Gasteiger partial charge on any atom is -0.348 e. The van der Waals surface area contributed by atoms with Gasteiger partial charge in [0.1, 0.15) is 5.82 Å². The van der Waals surface area contributed by atoms with Crippen LogP contribution in [0.4, 0.5) is 4.39 Å². The third kappa shape index (κ3) is 3.12. The van der Waals surface area contributed by atoms with Gasteiger partial charge in [-0.05, 0) is 42.5 Å². The van der Waals surface area contributed by atoms with Gasteiger partial charge >= 0.3 is 0 Å². The molecule has 1 aromatic carbocycles. The van der Waals surface area contributed by atoms with E-state index in [1.54, 1.807) is 18.3 Å². The number of hydrogen-bond acceptors (Lipinski definition) is 3. The summed E-state index contributed by atoms with van der Waals surface area (Å²) in [7, 11) is 0. The number of carbonyl (C=O) groups is 1. The highest BCUT2D eigenvalue weighted by Gasteiger charge is 2.35. The zero-order chi connectivity index (χ0) is 16.6. The molecule has 0 unspecified atom stereocenters. The summed E-state index contributed by atoms with van der Waals surface area (Å²) in [5.41, 5.74) is 8.32. The minimum absolute atomic E-state index is 0.0252. The summed E-state index contributed by atoms with van der Waals surface area (Å²) >= 11 is 0. The Balaban J connectivity index is 2.01. The van der Waals surface area contributed by atoms with E-state index in [9.17, 15) is 9.18 Å². The van der Waals surface area contributed by atoms with Crippen molar-refractivity contribution in [3.63, 3.8) is 0 Å². The number of aromatic nitrogens is 2. The van der Waals surface area contributed by atoms with Crippen LogP contribution in [0.1, 0.15) is 37.6 Å². The highest BCUT2D eigenvalue weighted by atomic mass is 19.1. The number of amides is 1. The van der Waals surface area contributed by atoms with Crippen LogP contribution in [0.5, 0.6) is 0 Å².